The fraction of sp³-hybridized carbons (Fsp3) is 0.190. The van der Waals surface area contributed by atoms with Gasteiger partial charge in [-0.05, 0) is 56.7 Å². The van der Waals surface area contributed by atoms with Crippen molar-refractivity contribution in [3.05, 3.63) is 69.8 Å². The molecule has 29 heavy (non-hydrogen) atoms. The molecular formula is C21H20N4O4. The molecule has 0 aliphatic rings. The summed E-state index contributed by atoms with van der Waals surface area (Å²) in [4.78, 5) is 40.7. The quantitative estimate of drug-likeness (QED) is 0.619. The number of ketones is 1. The molecule has 2 aromatic heterocycles. The summed E-state index contributed by atoms with van der Waals surface area (Å²) in [5.41, 5.74) is 2.08. The summed E-state index contributed by atoms with van der Waals surface area (Å²) in [6, 6.07) is 8.00. The molecule has 3 rings (SSSR count). The Morgan fingerprint density at radius 3 is 2.55 bits per heavy atom. The highest BCUT2D eigenvalue weighted by Crippen LogP contribution is 2.28. The lowest BCUT2D eigenvalue weighted by Gasteiger charge is -2.17. The Hall–Kier alpha value is -3.81. The van der Waals surface area contributed by atoms with Crippen LogP contribution in [0.1, 0.15) is 40.1 Å². The minimum absolute atomic E-state index is 0.0966. The Morgan fingerprint density at radius 2 is 2.00 bits per heavy atom. The second-order valence-electron chi connectivity index (χ2n) is 6.48. The van der Waals surface area contributed by atoms with Crippen molar-refractivity contribution < 1.29 is 14.7 Å². The lowest BCUT2D eigenvalue weighted by Crippen LogP contribution is -2.28. The van der Waals surface area contributed by atoms with E-state index in [9.17, 15) is 14.4 Å². The highest BCUT2D eigenvalue weighted by Gasteiger charge is 2.22. The lowest BCUT2D eigenvalue weighted by molar-refractivity contribution is 0.0696. The van der Waals surface area contributed by atoms with Gasteiger partial charge in [0.25, 0.3) is 5.56 Å². The number of carboxylic acid groups (broad SMARTS) is 1. The van der Waals surface area contributed by atoms with Gasteiger partial charge in [0.05, 0.1) is 11.1 Å². The molecule has 0 amide bonds. The summed E-state index contributed by atoms with van der Waals surface area (Å²) in [6.07, 6.45) is 3.19. The van der Waals surface area contributed by atoms with E-state index in [1.807, 2.05) is 0 Å². The van der Waals surface area contributed by atoms with Gasteiger partial charge in [-0.2, -0.15) is 5.10 Å². The first-order valence-electron chi connectivity index (χ1n) is 9.00. The number of carbonyl (C=O) groups is 2. The predicted molar refractivity (Wildman–Crippen MR) is 109 cm³/mol. The van der Waals surface area contributed by atoms with Gasteiger partial charge in [-0.15, -0.1) is 0 Å². The molecule has 8 heteroatoms. The number of carboxylic acids is 1. The van der Waals surface area contributed by atoms with Crippen molar-refractivity contribution >= 4 is 23.1 Å². The Labute approximate surface area is 166 Å². The number of Topliss-reactive ketones (excluding diaryl/α,β-unsaturated/α-hetero) is 1. The minimum Gasteiger partial charge on any atom is -0.478 e. The van der Waals surface area contributed by atoms with Crippen LogP contribution in [0.3, 0.4) is 0 Å². The SMILES string of the molecule is CCn1nc(-c2cccnc2)c(C(C)=O)c(Nc2ccc(C(=O)O)cc2C)c1=O. The van der Waals surface area contributed by atoms with Gasteiger partial charge < -0.3 is 10.4 Å². The third kappa shape index (κ3) is 3.91. The van der Waals surface area contributed by atoms with Crippen LogP contribution in [0.5, 0.6) is 0 Å². The number of nitrogens with zero attached hydrogens (tertiary/aromatic N) is 3. The molecule has 148 valence electrons. The standard InChI is InChI=1S/C21H20N4O4/c1-4-25-20(27)19(23-16-8-7-14(21(28)29)10-12(16)2)17(13(3)26)18(24-25)15-6-5-9-22-11-15/h5-11,23H,4H2,1-3H3,(H,28,29). The zero-order valence-electron chi connectivity index (χ0n) is 16.3. The Kier molecular flexibility index (Phi) is 5.54. The Morgan fingerprint density at radius 1 is 1.24 bits per heavy atom. The van der Waals surface area contributed by atoms with Gasteiger partial charge in [0.2, 0.25) is 0 Å². The van der Waals surface area contributed by atoms with Gasteiger partial charge in [-0.1, -0.05) is 0 Å². The highest BCUT2D eigenvalue weighted by molar-refractivity contribution is 6.05. The smallest absolute Gasteiger partial charge is 0.335 e. The van der Waals surface area contributed by atoms with Gasteiger partial charge in [0, 0.05) is 30.2 Å². The van der Waals surface area contributed by atoms with Crippen molar-refractivity contribution in [2.45, 2.75) is 27.3 Å². The van der Waals surface area contributed by atoms with Gasteiger partial charge in [-0.3, -0.25) is 14.6 Å². The first-order valence-corrected chi connectivity index (χ1v) is 9.00. The van der Waals surface area contributed by atoms with Crippen LogP contribution in [-0.2, 0) is 6.54 Å². The number of rotatable bonds is 6. The number of pyridine rings is 1. The highest BCUT2D eigenvalue weighted by atomic mass is 16.4. The molecule has 0 bridgehead atoms. The third-order valence-corrected chi connectivity index (χ3v) is 4.48. The van der Waals surface area contributed by atoms with E-state index in [2.05, 4.69) is 15.4 Å². The number of aromatic carboxylic acids is 1. The number of aromatic nitrogens is 3. The molecule has 0 aliphatic heterocycles. The molecule has 2 heterocycles. The maximum Gasteiger partial charge on any atom is 0.335 e. The van der Waals surface area contributed by atoms with Gasteiger partial charge >= 0.3 is 5.97 Å². The average molecular weight is 392 g/mol. The van der Waals surface area contributed by atoms with Crippen LogP contribution in [-0.4, -0.2) is 31.6 Å². The fourth-order valence-corrected chi connectivity index (χ4v) is 3.02. The lowest BCUT2D eigenvalue weighted by atomic mass is 10.0. The van der Waals surface area contributed by atoms with Gasteiger partial charge in [-0.25, -0.2) is 9.48 Å². The predicted octanol–water partition coefficient (Wildman–Crippen LogP) is 3.28. The van der Waals surface area contributed by atoms with Crippen molar-refractivity contribution in [2.24, 2.45) is 0 Å². The monoisotopic (exact) mass is 392 g/mol. The zero-order valence-corrected chi connectivity index (χ0v) is 16.3. The molecule has 0 aliphatic carbocycles. The van der Waals surface area contributed by atoms with Crippen LogP contribution in [0, 0.1) is 6.92 Å². The second-order valence-corrected chi connectivity index (χ2v) is 6.48. The molecule has 2 N–H and O–H groups in total. The van der Waals surface area contributed by atoms with E-state index in [1.54, 1.807) is 44.4 Å². The minimum atomic E-state index is -1.04. The van der Waals surface area contributed by atoms with E-state index < -0.39 is 11.5 Å². The van der Waals surface area contributed by atoms with E-state index in [4.69, 9.17) is 5.11 Å². The molecular weight excluding hydrogens is 372 g/mol. The molecule has 0 spiro atoms. The summed E-state index contributed by atoms with van der Waals surface area (Å²) in [6.45, 7) is 5.20. The van der Waals surface area contributed by atoms with Gasteiger partial charge in [0.1, 0.15) is 11.4 Å². The van der Waals surface area contributed by atoms with E-state index >= 15 is 0 Å². The van der Waals surface area contributed by atoms with Crippen molar-refractivity contribution in [3.63, 3.8) is 0 Å². The molecule has 3 aromatic rings. The number of hydrogen-bond acceptors (Lipinski definition) is 6. The first kappa shape index (κ1) is 19.9. The number of aryl methyl sites for hydroxylation is 2. The van der Waals surface area contributed by atoms with Crippen LogP contribution in [0.15, 0.2) is 47.5 Å². The van der Waals surface area contributed by atoms with Crippen molar-refractivity contribution in [1.29, 1.82) is 0 Å². The molecule has 0 atom stereocenters. The fourth-order valence-electron chi connectivity index (χ4n) is 3.02. The van der Waals surface area contributed by atoms with Crippen LogP contribution in [0.25, 0.3) is 11.3 Å². The number of nitrogens with one attached hydrogen (secondary N) is 1. The molecule has 8 nitrogen and oxygen atoms in total. The number of anilines is 2. The Balaban J connectivity index is 2.24. The van der Waals surface area contributed by atoms with E-state index in [-0.39, 0.29) is 22.6 Å². The number of benzene rings is 1. The van der Waals surface area contributed by atoms with Crippen LogP contribution in [0.4, 0.5) is 11.4 Å². The van der Waals surface area contributed by atoms with Crippen molar-refractivity contribution in [3.8, 4) is 11.3 Å². The van der Waals surface area contributed by atoms with E-state index in [0.29, 0.717) is 29.1 Å². The summed E-state index contributed by atoms with van der Waals surface area (Å²) in [7, 11) is 0. The van der Waals surface area contributed by atoms with Crippen LogP contribution >= 0.6 is 0 Å². The van der Waals surface area contributed by atoms with Crippen LogP contribution in [0.2, 0.25) is 0 Å². The second kappa shape index (κ2) is 8.05. The molecule has 0 saturated heterocycles. The van der Waals surface area contributed by atoms with Crippen LogP contribution < -0.4 is 10.9 Å². The maximum atomic E-state index is 13.0. The molecule has 0 unspecified atom stereocenters. The Bertz CT molecular complexity index is 1150. The largest absolute Gasteiger partial charge is 0.478 e. The summed E-state index contributed by atoms with van der Waals surface area (Å²) < 4.78 is 1.28. The van der Waals surface area contributed by atoms with E-state index in [0.717, 1.165) is 0 Å². The zero-order chi connectivity index (χ0) is 21.1. The summed E-state index contributed by atoms with van der Waals surface area (Å²) >= 11 is 0. The summed E-state index contributed by atoms with van der Waals surface area (Å²) in [5.74, 6) is -1.36. The topological polar surface area (TPSA) is 114 Å². The average Bonchev–Trinajstić information content (AvgIpc) is 2.70. The maximum absolute atomic E-state index is 13.0. The van der Waals surface area contributed by atoms with Crippen molar-refractivity contribution in [1.82, 2.24) is 14.8 Å². The molecule has 0 radical (unpaired) electrons. The number of hydrogen-bond donors (Lipinski definition) is 2. The van der Waals surface area contributed by atoms with Gasteiger partial charge in [0.15, 0.2) is 5.78 Å². The summed E-state index contributed by atoms with van der Waals surface area (Å²) in [5, 5.41) is 16.6. The van der Waals surface area contributed by atoms with E-state index in [1.165, 1.54) is 23.7 Å². The third-order valence-electron chi connectivity index (χ3n) is 4.48. The first-order chi connectivity index (χ1) is 13.8. The molecule has 0 saturated carbocycles. The molecule has 0 fully saturated rings. The van der Waals surface area contributed by atoms with Crippen molar-refractivity contribution in [2.75, 3.05) is 5.32 Å². The normalized spacial score (nSPS) is 10.6. The molecule has 1 aromatic carbocycles. The number of carbonyl (C=O) groups excluding carboxylic acids is 1.